The second-order valence-corrected chi connectivity index (χ2v) is 6.63. The van der Waals surface area contributed by atoms with Gasteiger partial charge in [-0.05, 0) is 42.0 Å². The Morgan fingerprint density at radius 1 is 1.12 bits per heavy atom. The van der Waals surface area contributed by atoms with Gasteiger partial charge in [0.15, 0.2) is 0 Å². The van der Waals surface area contributed by atoms with Gasteiger partial charge in [0.1, 0.15) is 17.8 Å². The number of nitrogens with two attached hydrogens (primary N) is 1. The zero-order chi connectivity index (χ0) is 16.1. The van der Waals surface area contributed by atoms with E-state index < -0.39 is 0 Å². The number of hydrogen-bond acceptors (Lipinski definition) is 3. The highest BCUT2D eigenvalue weighted by Gasteiger charge is 2.22. The lowest BCUT2D eigenvalue weighted by Gasteiger charge is -2.12. The Morgan fingerprint density at radius 3 is 2.88 bits per heavy atom. The van der Waals surface area contributed by atoms with Gasteiger partial charge >= 0.3 is 0 Å². The molecule has 1 fully saturated rings. The van der Waals surface area contributed by atoms with Gasteiger partial charge < -0.3 is 15.3 Å². The third-order valence-corrected chi connectivity index (χ3v) is 5.22. The average molecular weight is 317 g/mol. The number of nitrogen functional groups attached to an aromatic ring is 1. The number of nitrogens with zero attached hydrogens (tertiary/aromatic N) is 3. The number of fused-ring (bicyclic) bond motifs is 2. The Balaban J connectivity index is 1.77. The van der Waals surface area contributed by atoms with Crippen LogP contribution in [0.4, 0.5) is 5.82 Å². The molecular formula is C19H19N5. The molecule has 0 spiro atoms. The summed E-state index contributed by atoms with van der Waals surface area (Å²) in [6.45, 7) is 0. The van der Waals surface area contributed by atoms with Gasteiger partial charge in [-0.25, -0.2) is 9.97 Å². The molecule has 5 heteroatoms. The van der Waals surface area contributed by atoms with Crippen LogP contribution < -0.4 is 5.73 Å². The average Bonchev–Trinajstić information content (AvgIpc) is 3.33. The summed E-state index contributed by atoms with van der Waals surface area (Å²) in [5.74, 6) is 0.556. The first-order valence-corrected chi connectivity index (χ1v) is 8.50. The van der Waals surface area contributed by atoms with Gasteiger partial charge in [0.25, 0.3) is 0 Å². The minimum Gasteiger partial charge on any atom is -0.383 e. The van der Waals surface area contributed by atoms with Gasteiger partial charge in [-0.1, -0.05) is 18.9 Å². The van der Waals surface area contributed by atoms with Gasteiger partial charge in [0.2, 0.25) is 0 Å². The number of aromatic nitrogens is 4. The molecule has 1 aliphatic rings. The molecule has 0 atom stereocenters. The van der Waals surface area contributed by atoms with Crippen molar-refractivity contribution < 1.29 is 0 Å². The summed E-state index contributed by atoms with van der Waals surface area (Å²) in [6.07, 6.45) is 10.8. The van der Waals surface area contributed by atoms with Crippen molar-refractivity contribution in [3.8, 4) is 11.1 Å². The Kier molecular flexibility index (Phi) is 2.89. The molecule has 4 aromatic rings. The van der Waals surface area contributed by atoms with Crippen molar-refractivity contribution in [3.63, 3.8) is 0 Å². The molecule has 5 rings (SSSR count). The quantitative estimate of drug-likeness (QED) is 0.579. The molecule has 0 aliphatic heterocycles. The molecule has 1 saturated carbocycles. The highest BCUT2D eigenvalue weighted by molar-refractivity contribution is 6.02. The molecule has 120 valence electrons. The van der Waals surface area contributed by atoms with E-state index in [1.54, 1.807) is 6.33 Å². The van der Waals surface area contributed by atoms with Crippen LogP contribution >= 0.6 is 0 Å². The first-order chi connectivity index (χ1) is 11.8. The Bertz CT molecular complexity index is 1040. The molecule has 1 aromatic carbocycles. The second-order valence-electron chi connectivity index (χ2n) is 6.63. The number of benzene rings is 1. The fourth-order valence-corrected chi connectivity index (χ4v) is 4.01. The monoisotopic (exact) mass is 317 g/mol. The number of H-pyrrole nitrogens is 1. The number of aromatic amines is 1. The van der Waals surface area contributed by atoms with Crippen LogP contribution in [0.25, 0.3) is 33.1 Å². The number of nitrogens with one attached hydrogen (secondary N) is 1. The summed E-state index contributed by atoms with van der Waals surface area (Å²) in [6, 6.07) is 9.06. The third-order valence-electron chi connectivity index (χ3n) is 5.22. The van der Waals surface area contributed by atoms with Gasteiger partial charge in [0, 0.05) is 29.5 Å². The number of hydrogen-bond donors (Lipinski definition) is 2. The molecule has 0 bridgehead atoms. The predicted molar refractivity (Wildman–Crippen MR) is 96.7 cm³/mol. The Morgan fingerprint density at radius 2 is 2.00 bits per heavy atom. The van der Waals surface area contributed by atoms with Crippen molar-refractivity contribution in [1.29, 1.82) is 0 Å². The van der Waals surface area contributed by atoms with Crippen molar-refractivity contribution in [3.05, 3.63) is 43.0 Å². The minimum atomic E-state index is 0.520. The van der Waals surface area contributed by atoms with Crippen molar-refractivity contribution in [2.75, 3.05) is 5.73 Å². The van der Waals surface area contributed by atoms with Crippen molar-refractivity contribution >= 4 is 27.8 Å². The van der Waals surface area contributed by atoms with E-state index in [1.807, 2.05) is 6.20 Å². The maximum Gasteiger partial charge on any atom is 0.146 e. The summed E-state index contributed by atoms with van der Waals surface area (Å²) in [5, 5.41) is 2.17. The van der Waals surface area contributed by atoms with Crippen LogP contribution in [0.1, 0.15) is 31.7 Å². The van der Waals surface area contributed by atoms with E-state index in [-0.39, 0.29) is 0 Å². The molecule has 3 N–H and O–H groups in total. The summed E-state index contributed by atoms with van der Waals surface area (Å²) in [4.78, 5) is 12.0. The lowest BCUT2D eigenvalue weighted by atomic mass is 10.0. The molecule has 0 unspecified atom stereocenters. The first kappa shape index (κ1) is 13.6. The van der Waals surface area contributed by atoms with Crippen molar-refractivity contribution in [1.82, 2.24) is 19.5 Å². The summed E-state index contributed by atoms with van der Waals surface area (Å²) in [7, 11) is 0. The molecule has 24 heavy (non-hydrogen) atoms. The summed E-state index contributed by atoms with van der Waals surface area (Å²) >= 11 is 0. The van der Waals surface area contributed by atoms with Crippen LogP contribution in [-0.2, 0) is 0 Å². The van der Waals surface area contributed by atoms with Crippen LogP contribution in [0.3, 0.4) is 0 Å². The Hall–Kier alpha value is -2.82. The van der Waals surface area contributed by atoms with Crippen LogP contribution in [0.2, 0.25) is 0 Å². The molecule has 3 aromatic heterocycles. The maximum absolute atomic E-state index is 6.23. The first-order valence-electron chi connectivity index (χ1n) is 8.50. The number of rotatable bonds is 2. The lowest BCUT2D eigenvalue weighted by Crippen LogP contribution is -2.04. The minimum absolute atomic E-state index is 0.520. The van der Waals surface area contributed by atoms with Crippen LogP contribution in [0.15, 0.2) is 43.0 Å². The van der Waals surface area contributed by atoms with Crippen molar-refractivity contribution in [2.45, 2.75) is 31.7 Å². The summed E-state index contributed by atoms with van der Waals surface area (Å²) < 4.78 is 2.32. The standard InChI is InChI=1S/C19H19N5/c20-18-17-15(12-5-6-16-13(9-12)7-8-21-16)10-24(14-3-1-2-4-14)19(17)23-11-22-18/h5-11,14,21H,1-4H2,(H2,20,22,23). The molecular weight excluding hydrogens is 298 g/mol. The van der Waals surface area contributed by atoms with Gasteiger partial charge in [0.05, 0.1) is 5.39 Å². The summed E-state index contributed by atoms with van der Waals surface area (Å²) in [5.41, 5.74) is 10.6. The van der Waals surface area contributed by atoms with E-state index in [4.69, 9.17) is 5.73 Å². The van der Waals surface area contributed by atoms with Crippen LogP contribution in [-0.4, -0.2) is 19.5 Å². The van der Waals surface area contributed by atoms with E-state index in [0.717, 1.165) is 27.7 Å². The maximum atomic E-state index is 6.23. The molecule has 0 saturated heterocycles. The van der Waals surface area contributed by atoms with E-state index >= 15 is 0 Å². The van der Waals surface area contributed by atoms with Gasteiger partial charge in [-0.3, -0.25) is 0 Å². The largest absolute Gasteiger partial charge is 0.383 e. The van der Waals surface area contributed by atoms with E-state index in [0.29, 0.717) is 11.9 Å². The topological polar surface area (TPSA) is 72.5 Å². The molecule has 3 heterocycles. The van der Waals surface area contributed by atoms with E-state index in [2.05, 4.69) is 50.0 Å². The molecule has 0 radical (unpaired) electrons. The molecule has 0 amide bonds. The fourth-order valence-electron chi connectivity index (χ4n) is 4.01. The fraction of sp³-hybridized carbons (Fsp3) is 0.263. The Labute approximate surface area is 139 Å². The van der Waals surface area contributed by atoms with E-state index in [1.165, 1.54) is 31.1 Å². The molecule has 5 nitrogen and oxygen atoms in total. The third kappa shape index (κ3) is 1.94. The molecule has 1 aliphatic carbocycles. The van der Waals surface area contributed by atoms with Crippen LogP contribution in [0, 0.1) is 0 Å². The van der Waals surface area contributed by atoms with Crippen molar-refractivity contribution in [2.24, 2.45) is 0 Å². The SMILES string of the molecule is Nc1ncnc2c1c(-c1ccc3[nH]ccc3c1)cn2C1CCCC1. The lowest BCUT2D eigenvalue weighted by molar-refractivity contribution is 0.532. The zero-order valence-electron chi connectivity index (χ0n) is 13.4. The highest BCUT2D eigenvalue weighted by Crippen LogP contribution is 2.39. The normalized spacial score (nSPS) is 15.7. The number of anilines is 1. The van der Waals surface area contributed by atoms with Crippen LogP contribution in [0.5, 0.6) is 0 Å². The van der Waals surface area contributed by atoms with Gasteiger partial charge in [-0.15, -0.1) is 0 Å². The zero-order valence-corrected chi connectivity index (χ0v) is 13.4. The van der Waals surface area contributed by atoms with Gasteiger partial charge in [-0.2, -0.15) is 0 Å². The highest BCUT2D eigenvalue weighted by atomic mass is 15.1. The second kappa shape index (κ2) is 5.09. The predicted octanol–water partition coefficient (Wildman–Crippen LogP) is 4.28. The van der Waals surface area contributed by atoms with E-state index in [9.17, 15) is 0 Å². The smallest absolute Gasteiger partial charge is 0.146 e.